The molecule has 3 N–H and O–H groups in total. The Balaban J connectivity index is 1.95. The largest absolute Gasteiger partial charge is 0.392 e. The van der Waals surface area contributed by atoms with Crippen LogP contribution in [-0.2, 0) is 14.6 Å². The summed E-state index contributed by atoms with van der Waals surface area (Å²) in [6.07, 6.45) is -2.78. The molecule has 0 bridgehead atoms. The fraction of sp³-hybridized carbons (Fsp3) is 0.353. The van der Waals surface area contributed by atoms with Crippen molar-refractivity contribution >= 4 is 39.0 Å². The molecule has 14 heteroatoms. The number of aromatic nitrogens is 3. The summed E-state index contributed by atoms with van der Waals surface area (Å²) >= 11 is 0. The molecule has 1 unspecified atom stereocenters. The minimum atomic E-state index is -4.53. The SMILES string of the molecule is [2H]C([2H])([2H])NC(=O)c1nnc(NC(=O)C2C[C@H]2C(F)(F)F)cc1Nc1ncccc1S(C)(=O)=O. The number of nitrogens with one attached hydrogen (secondary N) is 3. The van der Waals surface area contributed by atoms with Crippen LogP contribution in [0.15, 0.2) is 29.3 Å². The third-order valence-electron chi connectivity index (χ3n) is 4.34. The topological polar surface area (TPSA) is 143 Å². The monoisotopic (exact) mass is 461 g/mol. The number of carbonyl (C=O) groups is 2. The van der Waals surface area contributed by atoms with Crippen LogP contribution in [0.1, 0.15) is 21.0 Å². The van der Waals surface area contributed by atoms with Crippen molar-refractivity contribution in [2.45, 2.75) is 17.5 Å². The van der Waals surface area contributed by atoms with Crippen LogP contribution in [0.2, 0.25) is 0 Å². The molecule has 0 spiro atoms. The van der Waals surface area contributed by atoms with Crippen LogP contribution >= 0.6 is 0 Å². The summed E-state index contributed by atoms with van der Waals surface area (Å²) in [5.41, 5.74) is -0.905. The van der Waals surface area contributed by atoms with E-state index in [-0.39, 0.29) is 22.2 Å². The number of rotatable bonds is 6. The molecule has 3 rings (SSSR count). The van der Waals surface area contributed by atoms with Gasteiger partial charge in [0, 0.05) is 29.6 Å². The molecular weight excluding hydrogens is 441 g/mol. The summed E-state index contributed by atoms with van der Waals surface area (Å²) in [5.74, 6) is -5.90. The zero-order valence-electron chi connectivity index (χ0n) is 18.7. The van der Waals surface area contributed by atoms with E-state index in [9.17, 15) is 31.2 Å². The van der Waals surface area contributed by atoms with Crippen LogP contribution in [0, 0.1) is 11.8 Å². The summed E-state index contributed by atoms with van der Waals surface area (Å²) in [6, 6.07) is 3.55. The van der Waals surface area contributed by atoms with Gasteiger partial charge in [-0.1, -0.05) is 0 Å². The zero-order chi connectivity index (χ0) is 25.5. The summed E-state index contributed by atoms with van der Waals surface area (Å²) in [5, 5.41) is 13.5. The van der Waals surface area contributed by atoms with Crippen LogP contribution in [0.25, 0.3) is 0 Å². The normalized spacial score (nSPS) is 20.1. The third kappa shape index (κ3) is 5.07. The highest BCUT2D eigenvalue weighted by Gasteiger charge is 2.58. The molecule has 0 aromatic carbocycles. The molecule has 0 radical (unpaired) electrons. The van der Waals surface area contributed by atoms with E-state index < -0.39 is 58.8 Å². The zero-order valence-corrected chi connectivity index (χ0v) is 16.5. The maximum Gasteiger partial charge on any atom is 0.392 e. The summed E-state index contributed by atoms with van der Waals surface area (Å²) < 4.78 is 83.8. The number of carbonyl (C=O) groups excluding carboxylic acids is 2. The van der Waals surface area contributed by atoms with Crippen molar-refractivity contribution in [3.05, 3.63) is 30.1 Å². The molecule has 1 aliphatic rings. The molecule has 31 heavy (non-hydrogen) atoms. The minimum Gasteiger partial charge on any atom is -0.354 e. The van der Waals surface area contributed by atoms with Crippen molar-refractivity contribution in [3.8, 4) is 0 Å². The van der Waals surface area contributed by atoms with E-state index in [2.05, 4.69) is 25.8 Å². The Bertz CT molecular complexity index is 1240. The van der Waals surface area contributed by atoms with Gasteiger partial charge in [0.25, 0.3) is 5.91 Å². The van der Waals surface area contributed by atoms with E-state index in [4.69, 9.17) is 4.11 Å². The summed E-state index contributed by atoms with van der Waals surface area (Å²) in [4.78, 5) is 28.2. The highest BCUT2D eigenvalue weighted by Crippen LogP contribution is 2.50. The van der Waals surface area contributed by atoms with Crippen LogP contribution < -0.4 is 16.0 Å². The van der Waals surface area contributed by atoms with Gasteiger partial charge in [-0.15, -0.1) is 10.2 Å². The number of hydrogen-bond acceptors (Lipinski definition) is 8. The van der Waals surface area contributed by atoms with Crippen LogP contribution in [0.3, 0.4) is 0 Å². The molecule has 2 heterocycles. The van der Waals surface area contributed by atoms with Gasteiger partial charge in [-0.2, -0.15) is 13.2 Å². The average molecular weight is 461 g/mol. The molecule has 1 aliphatic carbocycles. The lowest BCUT2D eigenvalue weighted by Crippen LogP contribution is -2.23. The van der Waals surface area contributed by atoms with Crippen LogP contribution in [0.5, 0.6) is 0 Å². The molecule has 0 saturated heterocycles. The van der Waals surface area contributed by atoms with Gasteiger partial charge in [0.2, 0.25) is 5.91 Å². The van der Waals surface area contributed by atoms with Crippen molar-refractivity contribution < 1.29 is 35.3 Å². The maximum absolute atomic E-state index is 12.7. The minimum absolute atomic E-state index is 0.252. The molecule has 2 atom stereocenters. The van der Waals surface area contributed by atoms with Gasteiger partial charge in [-0.3, -0.25) is 9.59 Å². The highest BCUT2D eigenvalue weighted by atomic mass is 32.2. The van der Waals surface area contributed by atoms with Gasteiger partial charge >= 0.3 is 6.18 Å². The van der Waals surface area contributed by atoms with Crippen molar-refractivity contribution in [3.63, 3.8) is 0 Å². The molecular formula is C17H17F3N6O4S. The van der Waals surface area contributed by atoms with Gasteiger partial charge in [0.1, 0.15) is 10.7 Å². The Kier molecular flexibility index (Phi) is 4.82. The van der Waals surface area contributed by atoms with Crippen molar-refractivity contribution in [2.24, 2.45) is 11.8 Å². The lowest BCUT2D eigenvalue weighted by Gasteiger charge is -2.13. The lowest BCUT2D eigenvalue weighted by atomic mass is 10.2. The van der Waals surface area contributed by atoms with Crippen LogP contribution in [-0.4, -0.2) is 54.8 Å². The Morgan fingerprint density at radius 1 is 1.29 bits per heavy atom. The quantitative estimate of drug-likeness (QED) is 0.588. The fourth-order valence-electron chi connectivity index (χ4n) is 2.75. The lowest BCUT2D eigenvalue weighted by molar-refractivity contribution is -0.153. The van der Waals surface area contributed by atoms with E-state index in [1.807, 2.05) is 0 Å². The van der Waals surface area contributed by atoms with Crippen molar-refractivity contribution in [1.82, 2.24) is 20.5 Å². The summed E-state index contributed by atoms with van der Waals surface area (Å²) in [6.45, 7) is -2.90. The first-order chi connectivity index (χ1) is 15.6. The molecule has 166 valence electrons. The molecule has 1 fully saturated rings. The average Bonchev–Trinajstić information content (AvgIpc) is 3.48. The molecule has 2 aromatic rings. The van der Waals surface area contributed by atoms with Crippen molar-refractivity contribution in [1.29, 1.82) is 0 Å². The molecule has 2 aromatic heterocycles. The number of amides is 2. The number of pyridine rings is 1. The second kappa shape index (κ2) is 8.09. The highest BCUT2D eigenvalue weighted by molar-refractivity contribution is 7.90. The number of halogens is 3. The van der Waals surface area contributed by atoms with Crippen molar-refractivity contribution in [2.75, 3.05) is 23.9 Å². The number of hydrogen-bond donors (Lipinski definition) is 3. The number of alkyl halides is 3. The number of anilines is 3. The molecule has 1 saturated carbocycles. The van der Waals surface area contributed by atoms with E-state index in [0.717, 1.165) is 12.3 Å². The number of nitrogens with zero attached hydrogens (tertiary/aromatic N) is 3. The van der Waals surface area contributed by atoms with Gasteiger partial charge in [0.15, 0.2) is 21.3 Å². The molecule has 2 amide bonds. The third-order valence-corrected chi connectivity index (χ3v) is 5.47. The molecule has 10 nitrogen and oxygen atoms in total. The van der Waals surface area contributed by atoms with E-state index in [1.165, 1.54) is 18.3 Å². The van der Waals surface area contributed by atoms with Gasteiger partial charge < -0.3 is 16.0 Å². The van der Waals surface area contributed by atoms with E-state index >= 15 is 0 Å². The van der Waals surface area contributed by atoms with E-state index in [1.54, 1.807) is 5.32 Å². The first-order valence-electron chi connectivity index (χ1n) is 10.1. The van der Waals surface area contributed by atoms with Gasteiger partial charge in [0.05, 0.1) is 17.5 Å². The first-order valence-corrected chi connectivity index (χ1v) is 10.5. The Morgan fingerprint density at radius 2 is 2.03 bits per heavy atom. The predicted octanol–water partition coefficient (Wildman–Crippen LogP) is 1.52. The first kappa shape index (κ1) is 18.5. The maximum atomic E-state index is 12.7. The second-order valence-electron chi connectivity index (χ2n) is 6.67. The number of sulfone groups is 1. The Morgan fingerprint density at radius 3 is 2.65 bits per heavy atom. The van der Waals surface area contributed by atoms with Gasteiger partial charge in [-0.05, 0) is 18.6 Å². The fourth-order valence-corrected chi connectivity index (χ4v) is 3.53. The van der Waals surface area contributed by atoms with Crippen LogP contribution in [0.4, 0.5) is 30.5 Å². The standard InChI is InChI=1S/C17H17F3N6O4S/c1-21-16(28)13-10(23-14-11(31(2,29)30)4-3-5-22-14)7-12(25-26-13)24-15(27)8-6-9(8)17(18,19)20/h3-5,7-9H,6H2,1-2H3,(H,21,28)(H2,22,23,24,25,27)/t8?,9-/m1/s1/i1D3. The molecule has 0 aliphatic heterocycles. The Labute approximate surface area is 178 Å². The second-order valence-corrected chi connectivity index (χ2v) is 8.66. The van der Waals surface area contributed by atoms with Gasteiger partial charge in [-0.25, -0.2) is 13.4 Å². The smallest absolute Gasteiger partial charge is 0.354 e. The summed E-state index contributed by atoms with van der Waals surface area (Å²) in [7, 11) is -3.80. The predicted molar refractivity (Wildman–Crippen MR) is 102 cm³/mol. The Hall–Kier alpha value is -3.29. The van der Waals surface area contributed by atoms with E-state index in [0.29, 0.717) is 0 Å².